The van der Waals surface area contributed by atoms with Gasteiger partial charge in [-0.1, -0.05) is 84.0 Å². The monoisotopic (exact) mass is 501 g/mol. The Morgan fingerprint density at radius 3 is 2.16 bits per heavy atom. The summed E-state index contributed by atoms with van der Waals surface area (Å²) in [6.07, 6.45) is 1.85. The molecule has 0 saturated carbocycles. The van der Waals surface area contributed by atoms with Crippen LogP contribution in [0.25, 0.3) is 50.0 Å². The lowest BCUT2D eigenvalue weighted by atomic mass is 9.92. The maximum absolute atomic E-state index is 6.63. The number of hydrogen-bond acceptors (Lipinski definition) is 3. The van der Waals surface area contributed by atoms with Crippen molar-refractivity contribution >= 4 is 33.0 Å². The largest absolute Gasteiger partial charge is 0.455 e. The summed E-state index contributed by atoms with van der Waals surface area (Å²) < 4.78 is 8.98. The first kappa shape index (κ1) is 24.4. The molecule has 0 saturated heterocycles. The average Bonchev–Trinajstić information content (AvgIpc) is 3.46. The van der Waals surface area contributed by atoms with Gasteiger partial charge in [0.1, 0.15) is 17.0 Å². The number of aromatic nitrogens is 3. The number of imidazole rings is 1. The fourth-order valence-corrected chi connectivity index (χ4v) is 5.70. The van der Waals surface area contributed by atoms with Crippen LogP contribution in [0.5, 0.6) is 0 Å². The molecule has 0 spiro atoms. The highest BCUT2D eigenvalue weighted by molar-refractivity contribution is 6.09. The number of pyridine rings is 1. The number of fused-ring (bicyclic) bond motifs is 4. The zero-order valence-electron chi connectivity index (χ0n) is 23.3. The maximum Gasteiger partial charge on any atom is 0.149 e. The van der Waals surface area contributed by atoms with E-state index >= 15 is 0 Å². The van der Waals surface area contributed by atoms with Gasteiger partial charge in [-0.15, -0.1) is 0 Å². The molecule has 0 fully saturated rings. The van der Waals surface area contributed by atoms with Crippen LogP contribution in [0.3, 0.4) is 0 Å². The fraction of sp³-hybridized carbons (Fsp3) is 0.294. The molecular weight excluding hydrogens is 466 g/mol. The molecule has 0 radical (unpaired) electrons. The van der Waals surface area contributed by atoms with E-state index in [1.54, 1.807) is 0 Å². The SMILES string of the molecule is Cc1nccc2nc(-c3cccc4c3oc3cc(C(C)C)ccc34)n(-c3c(C(C)C)cccc3C(C)C)c12. The first-order valence-corrected chi connectivity index (χ1v) is 13.7. The number of rotatable bonds is 5. The zero-order valence-corrected chi connectivity index (χ0v) is 23.3. The van der Waals surface area contributed by atoms with Crippen LogP contribution in [-0.2, 0) is 0 Å². The summed E-state index contributed by atoms with van der Waals surface area (Å²) >= 11 is 0. The number of furan rings is 1. The summed E-state index contributed by atoms with van der Waals surface area (Å²) in [7, 11) is 0. The molecular formula is C34H35N3O. The van der Waals surface area contributed by atoms with Crippen molar-refractivity contribution in [3.63, 3.8) is 0 Å². The number of nitrogens with zero attached hydrogens (tertiary/aromatic N) is 3. The molecule has 4 nitrogen and oxygen atoms in total. The summed E-state index contributed by atoms with van der Waals surface area (Å²) in [4.78, 5) is 9.94. The Hall–Kier alpha value is -3.92. The van der Waals surface area contributed by atoms with Gasteiger partial charge in [-0.05, 0) is 59.6 Å². The predicted octanol–water partition coefficient (Wildman–Crippen LogP) is 9.67. The highest BCUT2D eigenvalue weighted by atomic mass is 16.3. The van der Waals surface area contributed by atoms with Crippen molar-refractivity contribution in [2.24, 2.45) is 0 Å². The molecule has 6 rings (SSSR count). The molecule has 0 amide bonds. The van der Waals surface area contributed by atoms with Crippen LogP contribution in [0.4, 0.5) is 0 Å². The third kappa shape index (κ3) is 3.74. The van der Waals surface area contributed by atoms with Crippen molar-refractivity contribution in [2.45, 2.75) is 66.2 Å². The lowest BCUT2D eigenvalue weighted by Gasteiger charge is -2.23. The second kappa shape index (κ2) is 9.13. The average molecular weight is 502 g/mol. The van der Waals surface area contributed by atoms with Gasteiger partial charge in [-0.3, -0.25) is 9.55 Å². The minimum absolute atomic E-state index is 0.349. The molecule has 0 bridgehead atoms. The van der Waals surface area contributed by atoms with Gasteiger partial charge in [-0.2, -0.15) is 0 Å². The van der Waals surface area contributed by atoms with E-state index in [2.05, 4.69) is 113 Å². The molecule has 0 aliphatic carbocycles. The van der Waals surface area contributed by atoms with Gasteiger partial charge in [0.15, 0.2) is 0 Å². The number of benzene rings is 3. The molecule has 3 aromatic carbocycles. The van der Waals surface area contributed by atoms with E-state index in [-0.39, 0.29) is 0 Å². The van der Waals surface area contributed by atoms with E-state index in [9.17, 15) is 0 Å². The van der Waals surface area contributed by atoms with Crippen LogP contribution >= 0.6 is 0 Å². The van der Waals surface area contributed by atoms with Crippen molar-refractivity contribution in [2.75, 3.05) is 0 Å². The van der Waals surface area contributed by atoms with Crippen LogP contribution in [0.1, 0.15) is 81.7 Å². The molecule has 3 aromatic heterocycles. The smallest absolute Gasteiger partial charge is 0.149 e. The Kier molecular flexibility index (Phi) is 5.86. The highest BCUT2D eigenvalue weighted by Gasteiger charge is 2.25. The van der Waals surface area contributed by atoms with Gasteiger partial charge in [-0.25, -0.2) is 4.98 Å². The quantitative estimate of drug-likeness (QED) is 0.236. The molecule has 6 aromatic rings. The highest BCUT2D eigenvalue weighted by Crippen LogP contribution is 2.41. The fourth-order valence-electron chi connectivity index (χ4n) is 5.70. The van der Waals surface area contributed by atoms with E-state index < -0.39 is 0 Å². The Bertz CT molecular complexity index is 1790. The summed E-state index contributed by atoms with van der Waals surface area (Å²) in [5.74, 6) is 2.03. The van der Waals surface area contributed by atoms with Gasteiger partial charge in [0, 0.05) is 17.0 Å². The van der Waals surface area contributed by atoms with Crippen molar-refractivity contribution in [1.29, 1.82) is 0 Å². The zero-order chi connectivity index (χ0) is 26.7. The molecule has 0 aliphatic rings. The molecule has 0 unspecified atom stereocenters. The minimum atomic E-state index is 0.349. The molecule has 4 heteroatoms. The topological polar surface area (TPSA) is 43.9 Å². The van der Waals surface area contributed by atoms with Gasteiger partial charge < -0.3 is 4.42 Å². The van der Waals surface area contributed by atoms with E-state index in [0.29, 0.717) is 17.8 Å². The summed E-state index contributed by atoms with van der Waals surface area (Å²) in [5, 5.41) is 2.25. The van der Waals surface area contributed by atoms with Crippen LogP contribution in [0, 0.1) is 6.92 Å². The summed E-state index contributed by atoms with van der Waals surface area (Å²) in [5.41, 5.74) is 10.8. The molecule has 0 N–H and O–H groups in total. The lowest BCUT2D eigenvalue weighted by Crippen LogP contribution is -2.09. The van der Waals surface area contributed by atoms with Gasteiger partial charge in [0.2, 0.25) is 0 Å². The molecule has 0 aliphatic heterocycles. The van der Waals surface area contributed by atoms with E-state index in [1.807, 2.05) is 12.3 Å². The van der Waals surface area contributed by atoms with Crippen LogP contribution in [0.15, 0.2) is 71.3 Å². The van der Waals surface area contributed by atoms with Crippen LogP contribution in [-0.4, -0.2) is 14.5 Å². The number of para-hydroxylation sites is 2. The lowest BCUT2D eigenvalue weighted by molar-refractivity contribution is 0.667. The molecule has 3 heterocycles. The standard InChI is InChI=1S/C34H35N3O/c1-19(2)23-14-15-26-27-12-9-13-28(33(27)38-30(26)18-23)34-36-29-16-17-35-22(7)31(29)37(34)32-24(20(3)4)10-8-11-25(32)21(5)6/h8-21H,1-7H3. The van der Waals surface area contributed by atoms with E-state index in [1.165, 1.54) is 22.4 Å². The van der Waals surface area contributed by atoms with Crippen molar-refractivity contribution < 1.29 is 4.42 Å². The van der Waals surface area contributed by atoms with Gasteiger partial charge >= 0.3 is 0 Å². The Balaban J connectivity index is 1.75. The van der Waals surface area contributed by atoms with E-state index in [4.69, 9.17) is 9.40 Å². The van der Waals surface area contributed by atoms with Crippen molar-refractivity contribution in [3.05, 3.63) is 89.2 Å². The van der Waals surface area contributed by atoms with Crippen molar-refractivity contribution in [3.8, 4) is 17.1 Å². The number of aryl methyl sites for hydroxylation is 1. The second-order valence-corrected chi connectivity index (χ2v) is 11.3. The molecule has 192 valence electrons. The first-order chi connectivity index (χ1) is 18.3. The van der Waals surface area contributed by atoms with Crippen LogP contribution in [0.2, 0.25) is 0 Å². The summed E-state index contributed by atoms with van der Waals surface area (Å²) in [6, 6.07) is 21.7. The van der Waals surface area contributed by atoms with Crippen LogP contribution < -0.4 is 0 Å². The van der Waals surface area contributed by atoms with Gasteiger partial charge in [0.25, 0.3) is 0 Å². The maximum atomic E-state index is 6.63. The minimum Gasteiger partial charge on any atom is -0.455 e. The molecule has 38 heavy (non-hydrogen) atoms. The number of hydrogen-bond donors (Lipinski definition) is 0. The van der Waals surface area contributed by atoms with E-state index in [0.717, 1.165) is 50.1 Å². The van der Waals surface area contributed by atoms with Crippen molar-refractivity contribution in [1.82, 2.24) is 14.5 Å². The third-order valence-electron chi connectivity index (χ3n) is 7.74. The normalized spacial score (nSPS) is 12.3. The molecule has 0 atom stereocenters. The van der Waals surface area contributed by atoms with Gasteiger partial charge in [0.05, 0.1) is 28.0 Å². The Morgan fingerprint density at radius 1 is 0.763 bits per heavy atom. The summed E-state index contributed by atoms with van der Waals surface area (Å²) in [6.45, 7) is 15.6. The predicted molar refractivity (Wildman–Crippen MR) is 159 cm³/mol. The Morgan fingerprint density at radius 2 is 1.47 bits per heavy atom. The second-order valence-electron chi connectivity index (χ2n) is 11.3. The first-order valence-electron chi connectivity index (χ1n) is 13.7. The Labute approximate surface area is 224 Å². The third-order valence-corrected chi connectivity index (χ3v) is 7.74.